The van der Waals surface area contributed by atoms with Gasteiger partial charge < -0.3 is 4.90 Å². The highest BCUT2D eigenvalue weighted by atomic mass is 19.2. The van der Waals surface area contributed by atoms with Gasteiger partial charge in [0.15, 0.2) is 11.6 Å². The molecule has 4 rings (SSSR count). The molecule has 1 aromatic carbocycles. The fourth-order valence-electron chi connectivity index (χ4n) is 5.04. The predicted octanol–water partition coefficient (Wildman–Crippen LogP) is 4.33. The van der Waals surface area contributed by atoms with E-state index >= 15 is 0 Å². The summed E-state index contributed by atoms with van der Waals surface area (Å²) < 4.78 is 27.3. The highest BCUT2D eigenvalue weighted by Gasteiger charge is 2.43. The first kappa shape index (κ1) is 13.7. The van der Waals surface area contributed by atoms with Crippen LogP contribution in [-0.4, -0.2) is 24.0 Å². The van der Waals surface area contributed by atoms with E-state index in [9.17, 15) is 8.78 Å². The molecule has 114 valence electrons. The van der Waals surface area contributed by atoms with Crippen LogP contribution in [0.25, 0.3) is 0 Å². The second-order valence-corrected chi connectivity index (χ2v) is 7.20. The zero-order valence-electron chi connectivity index (χ0n) is 12.4. The zero-order chi connectivity index (χ0) is 14.4. The summed E-state index contributed by atoms with van der Waals surface area (Å²) in [4.78, 5) is 2.64. The highest BCUT2D eigenvalue weighted by Crippen LogP contribution is 2.47. The quantitative estimate of drug-likeness (QED) is 0.784. The molecule has 0 aromatic heterocycles. The van der Waals surface area contributed by atoms with Gasteiger partial charge in [0.1, 0.15) is 0 Å². The van der Waals surface area contributed by atoms with Crippen LogP contribution in [-0.2, 0) is 0 Å². The number of likely N-dealkylation sites (tertiary alicyclic amines) is 1. The summed E-state index contributed by atoms with van der Waals surface area (Å²) in [6.07, 6.45) is 7.59. The van der Waals surface area contributed by atoms with Crippen molar-refractivity contribution in [2.45, 2.75) is 50.5 Å². The van der Waals surface area contributed by atoms with Crippen molar-refractivity contribution in [2.75, 3.05) is 13.1 Å². The molecule has 0 amide bonds. The molecule has 2 saturated carbocycles. The van der Waals surface area contributed by atoms with Crippen molar-refractivity contribution >= 4 is 0 Å². The van der Waals surface area contributed by atoms with E-state index in [1.807, 2.05) is 0 Å². The van der Waals surface area contributed by atoms with E-state index in [1.165, 1.54) is 31.7 Å². The largest absolute Gasteiger partial charge is 0.300 e. The van der Waals surface area contributed by atoms with Gasteiger partial charge in [-0.3, -0.25) is 0 Å². The van der Waals surface area contributed by atoms with Crippen molar-refractivity contribution in [3.8, 4) is 0 Å². The summed E-state index contributed by atoms with van der Waals surface area (Å²) >= 11 is 0. The van der Waals surface area contributed by atoms with E-state index in [1.54, 1.807) is 12.1 Å². The van der Waals surface area contributed by atoms with Crippen molar-refractivity contribution in [3.05, 3.63) is 35.4 Å². The Morgan fingerprint density at radius 1 is 0.952 bits per heavy atom. The molecule has 0 radical (unpaired) electrons. The van der Waals surface area contributed by atoms with Crippen molar-refractivity contribution in [1.29, 1.82) is 0 Å². The topological polar surface area (TPSA) is 3.24 Å². The lowest BCUT2D eigenvalue weighted by Gasteiger charge is -2.39. The predicted molar refractivity (Wildman–Crippen MR) is 79.1 cm³/mol. The minimum atomic E-state index is -0.706. The Kier molecular flexibility index (Phi) is 3.49. The van der Waals surface area contributed by atoms with Crippen LogP contribution in [0.2, 0.25) is 0 Å². The standard InChI is InChI=1S/C18H23F2N/c19-16-3-1-2-15(18(16)20)13-6-8-21(9-7-13)17-11-12-4-5-14(17)10-12/h1-3,12-14,17H,4-11H2/t12-,14-,17+/m0/s1. The molecule has 1 saturated heterocycles. The van der Waals surface area contributed by atoms with Gasteiger partial charge in [-0.2, -0.15) is 0 Å². The number of hydrogen-bond acceptors (Lipinski definition) is 1. The van der Waals surface area contributed by atoms with E-state index in [0.29, 0.717) is 5.56 Å². The van der Waals surface area contributed by atoms with Gasteiger partial charge >= 0.3 is 0 Å². The number of nitrogens with zero attached hydrogens (tertiary/aromatic N) is 1. The van der Waals surface area contributed by atoms with Crippen LogP contribution in [0.15, 0.2) is 18.2 Å². The van der Waals surface area contributed by atoms with Crippen LogP contribution in [0.5, 0.6) is 0 Å². The molecule has 1 aromatic rings. The van der Waals surface area contributed by atoms with Gasteiger partial charge in [-0.15, -0.1) is 0 Å². The third-order valence-corrected chi connectivity index (χ3v) is 6.12. The summed E-state index contributed by atoms with van der Waals surface area (Å²) in [5, 5.41) is 0. The monoisotopic (exact) mass is 291 g/mol. The molecule has 3 atom stereocenters. The fourth-order valence-corrected chi connectivity index (χ4v) is 5.04. The molecule has 1 nitrogen and oxygen atoms in total. The Hall–Kier alpha value is -0.960. The molecule has 3 heteroatoms. The SMILES string of the molecule is Fc1cccc(C2CCN([C@@H]3C[C@H]4CC[C@H]3C4)CC2)c1F. The first-order valence-electron chi connectivity index (χ1n) is 8.40. The molecule has 21 heavy (non-hydrogen) atoms. The first-order chi connectivity index (χ1) is 10.2. The van der Waals surface area contributed by atoms with Crippen molar-refractivity contribution in [3.63, 3.8) is 0 Å². The van der Waals surface area contributed by atoms with E-state index in [2.05, 4.69) is 4.90 Å². The lowest BCUT2D eigenvalue weighted by Crippen LogP contribution is -2.43. The lowest BCUT2D eigenvalue weighted by atomic mass is 9.86. The van der Waals surface area contributed by atoms with Crippen LogP contribution < -0.4 is 0 Å². The normalized spacial score (nSPS) is 33.7. The number of fused-ring (bicyclic) bond motifs is 2. The van der Waals surface area contributed by atoms with Gasteiger partial charge in [0, 0.05) is 6.04 Å². The summed E-state index contributed by atoms with van der Waals surface area (Å²) in [5.74, 6) is 0.741. The Labute approximate surface area is 125 Å². The third kappa shape index (κ3) is 2.40. The molecular weight excluding hydrogens is 268 g/mol. The second kappa shape index (κ2) is 5.35. The van der Waals surface area contributed by atoms with Crippen molar-refractivity contribution in [1.82, 2.24) is 4.90 Å². The highest BCUT2D eigenvalue weighted by molar-refractivity contribution is 5.23. The van der Waals surface area contributed by atoms with Crippen LogP contribution >= 0.6 is 0 Å². The summed E-state index contributed by atoms with van der Waals surface area (Å²) in [6.45, 7) is 2.10. The Bertz CT molecular complexity index is 522. The molecule has 3 aliphatic rings. The Morgan fingerprint density at radius 3 is 2.43 bits per heavy atom. The van der Waals surface area contributed by atoms with Gasteiger partial charge in [-0.25, -0.2) is 8.78 Å². The third-order valence-electron chi connectivity index (χ3n) is 6.12. The van der Waals surface area contributed by atoms with E-state index in [4.69, 9.17) is 0 Å². The minimum Gasteiger partial charge on any atom is -0.300 e. The van der Waals surface area contributed by atoms with Crippen molar-refractivity contribution in [2.24, 2.45) is 11.8 Å². The molecule has 1 heterocycles. The van der Waals surface area contributed by atoms with E-state index in [-0.39, 0.29) is 5.92 Å². The molecule has 1 aliphatic heterocycles. The van der Waals surface area contributed by atoms with Gasteiger partial charge in [0.05, 0.1) is 0 Å². The Balaban J connectivity index is 1.42. The number of halogens is 2. The molecule has 2 aliphatic carbocycles. The first-order valence-corrected chi connectivity index (χ1v) is 8.40. The lowest BCUT2D eigenvalue weighted by molar-refractivity contribution is 0.110. The fraction of sp³-hybridized carbons (Fsp3) is 0.667. The van der Waals surface area contributed by atoms with Gasteiger partial charge in [-0.1, -0.05) is 18.6 Å². The average Bonchev–Trinajstić information content (AvgIpc) is 3.13. The molecular formula is C18H23F2N. The van der Waals surface area contributed by atoms with Crippen LogP contribution in [0, 0.1) is 23.5 Å². The van der Waals surface area contributed by atoms with Crippen LogP contribution in [0.1, 0.15) is 50.0 Å². The number of hydrogen-bond donors (Lipinski definition) is 0. The maximum atomic E-state index is 13.9. The van der Waals surface area contributed by atoms with E-state index < -0.39 is 11.6 Å². The maximum Gasteiger partial charge on any atom is 0.162 e. The average molecular weight is 291 g/mol. The molecule has 0 N–H and O–H groups in total. The smallest absolute Gasteiger partial charge is 0.162 e. The summed E-state index contributed by atoms with van der Waals surface area (Å²) in [7, 11) is 0. The number of piperidine rings is 1. The van der Waals surface area contributed by atoms with Crippen LogP contribution in [0.3, 0.4) is 0 Å². The minimum absolute atomic E-state index is 0.190. The van der Waals surface area contributed by atoms with Gasteiger partial charge in [0.2, 0.25) is 0 Å². The second-order valence-electron chi connectivity index (χ2n) is 7.20. The zero-order valence-corrected chi connectivity index (χ0v) is 12.4. The van der Waals surface area contributed by atoms with Crippen LogP contribution in [0.4, 0.5) is 8.78 Å². The summed E-state index contributed by atoms with van der Waals surface area (Å²) in [5.41, 5.74) is 0.586. The number of benzene rings is 1. The van der Waals surface area contributed by atoms with Gasteiger partial charge in [0.25, 0.3) is 0 Å². The summed E-state index contributed by atoms with van der Waals surface area (Å²) in [6, 6.07) is 5.39. The van der Waals surface area contributed by atoms with Gasteiger partial charge in [-0.05, 0) is 74.6 Å². The molecule has 0 unspecified atom stereocenters. The van der Waals surface area contributed by atoms with E-state index in [0.717, 1.165) is 43.8 Å². The molecule has 2 bridgehead atoms. The molecule has 0 spiro atoms. The molecule has 3 fully saturated rings. The Morgan fingerprint density at radius 2 is 1.76 bits per heavy atom. The maximum absolute atomic E-state index is 13.9. The van der Waals surface area contributed by atoms with Crippen molar-refractivity contribution < 1.29 is 8.78 Å². The number of rotatable bonds is 2.